The van der Waals surface area contributed by atoms with E-state index < -0.39 is 9.53 Å². The predicted octanol–water partition coefficient (Wildman–Crippen LogP) is -0.597. The molecule has 0 aromatic carbocycles. The molecule has 17 heavy (non-hydrogen) atoms. The van der Waals surface area contributed by atoms with Crippen LogP contribution in [0.15, 0.2) is 0 Å². The van der Waals surface area contributed by atoms with E-state index in [1.165, 1.54) is 12.8 Å². The fourth-order valence-electron chi connectivity index (χ4n) is 1.61. The van der Waals surface area contributed by atoms with Crippen molar-refractivity contribution in [3.8, 4) is 0 Å². The zero-order valence-corrected chi connectivity index (χ0v) is 12.7. The van der Waals surface area contributed by atoms with Gasteiger partial charge in [0.2, 0.25) is 0 Å². The summed E-state index contributed by atoms with van der Waals surface area (Å²) in [7, 11) is 3.05. The normalized spacial score (nSPS) is 20.5. The first-order chi connectivity index (χ1) is 7.91. The van der Waals surface area contributed by atoms with Crippen LogP contribution in [-0.4, -0.2) is 48.6 Å². The van der Waals surface area contributed by atoms with Crippen LogP contribution in [0.1, 0.15) is 26.7 Å². The molecule has 1 aliphatic carbocycles. The minimum Gasteiger partial charge on any atom is -0.379 e. The van der Waals surface area contributed by atoms with E-state index in [4.69, 9.17) is 24.7 Å². The Balaban J connectivity index is 0.000000325. The van der Waals surface area contributed by atoms with Crippen LogP contribution in [0.4, 0.5) is 0 Å². The molecule has 1 fully saturated rings. The second-order valence-electron chi connectivity index (χ2n) is 4.37. The molecule has 1 saturated carbocycles. The topological polar surface area (TPSA) is 91.8 Å². The predicted molar refractivity (Wildman–Crippen MR) is 70.6 cm³/mol. The van der Waals surface area contributed by atoms with Gasteiger partial charge in [0.05, 0.1) is 6.17 Å². The summed E-state index contributed by atoms with van der Waals surface area (Å²) in [4.78, 5) is 0. The lowest BCUT2D eigenvalue weighted by atomic mass is 10.1. The third-order valence-corrected chi connectivity index (χ3v) is 3.91. The highest BCUT2D eigenvalue weighted by atomic mass is 28.3. The van der Waals surface area contributed by atoms with E-state index in [2.05, 4.69) is 5.32 Å². The number of rotatable bonds is 6. The lowest BCUT2D eigenvalue weighted by Gasteiger charge is -2.23. The van der Waals surface area contributed by atoms with Crippen LogP contribution in [0.25, 0.3) is 0 Å². The van der Waals surface area contributed by atoms with Gasteiger partial charge in [0, 0.05) is 32.9 Å². The summed E-state index contributed by atoms with van der Waals surface area (Å²) < 4.78 is 14.2. The van der Waals surface area contributed by atoms with Crippen molar-refractivity contribution in [2.24, 2.45) is 11.5 Å². The summed E-state index contributed by atoms with van der Waals surface area (Å²) in [5.74, 6) is 0. The van der Waals surface area contributed by atoms with Crippen molar-refractivity contribution in [2.75, 3.05) is 21.3 Å². The summed E-state index contributed by atoms with van der Waals surface area (Å²) >= 11 is 0. The second kappa shape index (κ2) is 8.14. The van der Waals surface area contributed by atoms with Crippen molar-refractivity contribution in [1.82, 2.24) is 5.32 Å². The van der Waals surface area contributed by atoms with Crippen molar-refractivity contribution in [2.45, 2.75) is 44.4 Å². The van der Waals surface area contributed by atoms with Gasteiger partial charge < -0.3 is 24.7 Å². The van der Waals surface area contributed by atoms with Crippen LogP contribution in [0.2, 0.25) is 0 Å². The highest BCUT2D eigenvalue weighted by molar-refractivity contribution is 6.36. The molecule has 0 aromatic rings. The SMILES string of the molecule is CC(N)NC1(C(C)N)CC1.CO[SiH](OC)OC. The molecule has 0 aromatic heterocycles. The number of hydrogen-bond donors (Lipinski definition) is 3. The summed E-state index contributed by atoms with van der Waals surface area (Å²) in [6.07, 6.45) is 2.41. The molecule has 0 aliphatic heterocycles. The third-order valence-electron chi connectivity index (χ3n) is 2.75. The average Bonchev–Trinajstić information content (AvgIpc) is 3.01. The average molecular weight is 265 g/mol. The molecule has 5 N–H and O–H groups in total. The van der Waals surface area contributed by atoms with Gasteiger partial charge >= 0.3 is 9.53 Å². The molecule has 1 rings (SSSR count). The maximum atomic E-state index is 5.76. The first-order valence-corrected chi connectivity index (χ1v) is 7.20. The zero-order chi connectivity index (χ0) is 13.5. The number of hydrogen-bond acceptors (Lipinski definition) is 6. The number of nitrogens with one attached hydrogen (secondary N) is 1. The third kappa shape index (κ3) is 6.46. The fraction of sp³-hybridized carbons (Fsp3) is 1.00. The zero-order valence-electron chi connectivity index (χ0n) is 11.5. The Labute approximate surface area is 106 Å². The van der Waals surface area contributed by atoms with Crippen LogP contribution >= 0.6 is 0 Å². The Hall–Kier alpha value is -0.0231. The van der Waals surface area contributed by atoms with Crippen LogP contribution in [0.5, 0.6) is 0 Å². The summed E-state index contributed by atoms with van der Waals surface area (Å²) in [6, 6.07) is 0.221. The first-order valence-electron chi connectivity index (χ1n) is 5.79. The van der Waals surface area contributed by atoms with Crippen LogP contribution in [0.3, 0.4) is 0 Å². The van der Waals surface area contributed by atoms with Gasteiger partial charge in [-0.15, -0.1) is 0 Å². The van der Waals surface area contributed by atoms with Gasteiger partial charge in [-0.25, -0.2) is 0 Å². The standard InChI is InChI=1S/C7H17N3.C3H10O3Si/c1-5(8)7(3-4-7)10-6(2)9;1-4-7(5-2)6-3/h5-6,10H,3-4,8-9H2,1-2H3;7H,1-3H3. The van der Waals surface area contributed by atoms with Crippen molar-refractivity contribution >= 4 is 9.53 Å². The largest absolute Gasteiger partial charge is 0.483 e. The quantitative estimate of drug-likeness (QED) is 0.439. The van der Waals surface area contributed by atoms with E-state index in [1.807, 2.05) is 13.8 Å². The molecule has 0 radical (unpaired) electrons. The van der Waals surface area contributed by atoms with E-state index in [0.29, 0.717) is 0 Å². The van der Waals surface area contributed by atoms with Gasteiger partial charge in [-0.1, -0.05) is 0 Å². The van der Waals surface area contributed by atoms with Gasteiger partial charge in [-0.3, -0.25) is 5.32 Å². The van der Waals surface area contributed by atoms with Crippen molar-refractivity contribution in [3.05, 3.63) is 0 Å². The van der Waals surface area contributed by atoms with E-state index in [1.54, 1.807) is 21.3 Å². The van der Waals surface area contributed by atoms with Crippen molar-refractivity contribution in [1.29, 1.82) is 0 Å². The van der Waals surface area contributed by atoms with Gasteiger partial charge in [0.25, 0.3) is 0 Å². The molecular formula is C10H27N3O3Si. The van der Waals surface area contributed by atoms with Gasteiger partial charge in [0.1, 0.15) is 0 Å². The molecule has 6 nitrogen and oxygen atoms in total. The fourth-order valence-corrected chi connectivity index (χ4v) is 2.19. The molecule has 0 bridgehead atoms. The Bertz CT molecular complexity index is 192. The molecule has 0 spiro atoms. The van der Waals surface area contributed by atoms with Crippen molar-refractivity contribution < 1.29 is 13.3 Å². The van der Waals surface area contributed by atoms with Gasteiger partial charge in [-0.2, -0.15) is 0 Å². The van der Waals surface area contributed by atoms with Crippen molar-refractivity contribution in [3.63, 3.8) is 0 Å². The van der Waals surface area contributed by atoms with E-state index in [9.17, 15) is 0 Å². The van der Waals surface area contributed by atoms with Crippen LogP contribution in [-0.2, 0) is 13.3 Å². The smallest absolute Gasteiger partial charge is 0.379 e. The molecule has 2 atom stereocenters. The van der Waals surface area contributed by atoms with E-state index >= 15 is 0 Å². The lowest BCUT2D eigenvalue weighted by Crippen LogP contribution is -2.52. The Morgan fingerprint density at radius 3 is 1.53 bits per heavy atom. The molecule has 0 heterocycles. The summed E-state index contributed by atoms with van der Waals surface area (Å²) in [5.41, 5.74) is 11.5. The van der Waals surface area contributed by atoms with Crippen LogP contribution in [0, 0.1) is 0 Å². The van der Waals surface area contributed by atoms with Crippen LogP contribution < -0.4 is 16.8 Å². The molecule has 0 saturated heterocycles. The van der Waals surface area contributed by atoms with Gasteiger partial charge in [0.15, 0.2) is 0 Å². The second-order valence-corrected chi connectivity index (χ2v) is 6.37. The molecule has 7 heteroatoms. The Morgan fingerprint density at radius 2 is 1.47 bits per heavy atom. The molecule has 2 unspecified atom stereocenters. The highest BCUT2D eigenvalue weighted by Gasteiger charge is 2.45. The minimum absolute atomic E-state index is 0.0634. The Morgan fingerprint density at radius 1 is 1.06 bits per heavy atom. The molecule has 0 amide bonds. The maximum absolute atomic E-state index is 5.76. The summed E-state index contributed by atoms with van der Waals surface area (Å²) in [6.45, 7) is 3.98. The molecule has 1 aliphatic rings. The monoisotopic (exact) mass is 265 g/mol. The lowest BCUT2D eigenvalue weighted by molar-refractivity contribution is 0.163. The number of nitrogens with two attached hydrogens (primary N) is 2. The first kappa shape index (κ1) is 17.0. The maximum Gasteiger partial charge on any atom is 0.483 e. The van der Waals surface area contributed by atoms with Gasteiger partial charge in [-0.05, 0) is 26.7 Å². The molecule has 104 valence electrons. The van der Waals surface area contributed by atoms with E-state index in [-0.39, 0.29) is 17.7 Å². The highest BCUT2D eigenvalue weighted by Crippen LogP contribution is 2.37. The molecular weight excluding hydrogens is 238 g/mol. The van der Waals surface area contributed by atoms with E-state index in [0.717, 1.165) is 0 Å². The minimum atomic E-state index is -1.67. The Kier molecular flexibility index (Phi) is 8.13. The summed E-state index contributed by atoms with van der Waals surface area (Å²) in [5, 5.41) is 3.28.